The van der Waals surface area contributed by atoms with Crippen LogP contribution in [0.4, 0.5) is 0 Å². The molecule has 0 amide bonds. The molecule has 3 nitrogen and oxygen atoms in total. The van der Waals surface area contributed by atoms with Crippen LogP contribution in [0.5, 0.6) is 0 Å². The molecule has 0 aliphatic heterocycles. The van der Waals surface area contributed by atoms with E-state index in [-0.39, 0.29) is 0 Å². The Morgan fingerprint density at radius 2 is 1.70 bits per heavy atom. The summed E-state index contributed by atoms with van der Waals surface area (Å²) in [6.45, 7) is 3.80. The molecule has 2 heterocycles. The van der Waals surface area contributed by atoms with E-state index in [1.54, 1.807) is 0 Å². The third-order valence-corrected chi connectivity index (χ3v) is 3.54. The third kappa shape index (κ3) is 2.68. The van der Waals surface area contributed by atoms with Gasteiger partial charge < -0.3 is 5.32 Å². The van der Waals surface area contributed by atoms with Crippen molar-refractivity contribution in [3.05, 3.63) is 71.8 Å². The molecule has 1 aromatic carbocycles. The molecule has 0 saturated carbocycles. The molecule has 1 N–H and O–H groups in total. The number of rotatable bonds is 4. The van der Waals surface area contributed by atoms with Crippen LogP contribution in [0, 0.1) is 6.92 Å². The van der Waals surface area contributed by atoms with Gasteiger partial charge in [0.2, 0.25) is 0 Å². The zero-order chi connectivity index (χ0) is 13.8. The van der Waals surface area contributed by atoms with Crippen LogP contribution in [-0.2, 0) is 13.1 Å². The smallest absolute Gasteiger partial charge is 0.0346 e. The normalized spacial score (nSPS) is 10.8. The van der Waals surface area contributed by atoms with E-state index in [9.17, 15) is 0 Å². The standard InChI is InChI=1S/C17H17N3/c1-13-9-18-7-5-14(13)10-20-12-16-4-2-3-15-11-19-8-6-17(15)16/h2-9,11,20H,10,12H2,1H3. The van der Waals surface area contributed by atoms with Crippen molar-refractivity contribution < 1.29 is 0 Å². The van der Waals surface area contributed by atoms with Crippen LogP contribution < -0.4 is 5.32 Å². The maximum Gasteiger partial charge on any atom is 0.0346 e. The lowest BCUT2D eigenvalue weighted by atomic mass is 10.1. The molecule has 0 fully saturated rings. The van der Waals surface area contributed by atoms with Crippen LogP contribution in [0.2, 0.25) is 0 Å². The molecule has 0 atom stereocenters. The van der Waals surface area contributed by atoms with Crippen LogP contribution in [0.25, 0.3) is 10.8 Å². The van der Waals surface area contributed by atoms with Crippen molar-refractivity contribution in [2.24, 2.45) is 0 Å². The van der Waals surface area contributed by atoms with Crippen molar-refractivity contribution in [2.45, 2.75) is 20.0 Å². The zero-order valence-electron chi connectivity index (χ0n) is 11.5. The molecule has 0 spiro atoms. The van der Waals surface area contributed by atoms with Gasteiger partial charge in [0.1, 0.15) is 0 Å². The molecule has 3 rings (SSSR count). The maximum atomic E-state index is 4.17. The second-order valence-electron chi connectivity index (χ2n) is 4.92. The minimum Gasteiger partial charge on any atom is -0.309 e. The van der Waals surface area contributed by atoms with E-state index in [0.717, 1.165) is 13.1 Å². The van der Waals surface area contributed by atoms with Crippen molar-refractivity contribution in [3.63, 3.8) is 0 Å². The highest BCUT2D eigenvalue weighted by molar-refractivity contribution is 5.84. The third-order valence-electron chi connectivity index (χ3n) is 3.54. The summed E-state index contributed by atoms with van der Waals surface area (Å²) in [7, 11) is 0. The SMILES string of the molecule is Cc1cnccc1CNCc1cccc2cnccc12. The van der Waals surface area contributed by atoms with E-state index in [0.29, 0.717) is 0 Å². The number of nitrogens with zero attached hydrogens (tertiary/aromatic N) is 2. The van der Waals surface area contributed by atoms with Gasteiger partial charge in [-0.05, 0) is 41.1 Å². The lowest BCUT2D eigenvalue weighted by Gasteiger charge is -2.09. The molecule has 0 saturated heterocycles. The summed E-state index contributed by atoms with van der Waals surface area (Å²) in [4.78, 5) is 8.28. The van der Waals surface area contributed by atoms with Crippen LogP contribution >= 0.6 is 0 Å². The first kappa shape index (κ1) is 12.8. The molecule has 0 aliphatic rings. The molecule has 2 aromatic heterocycles. The predicted molar refractivity (Wildman–Crippen MR) is 81.3 cm³/mol. The molecule has 3 aromatic rings. The fourth-order valence-corrected chi connectivity index (χ4v) is 2.38. The van der Waals surface area contributed by atoms with Crippen LogP contribution in [0.3, 0.4) is 0 Å². The van der Waals surface area contributed by atoms with Gasteiger partial charge in [-0.15, -0.1) is 0 Å². The van der Waals surface area contributed by atoms with Crippen LogP contribution in [0.1, 0.15) is 16.7 Å². The van der Waals surface area contributed by atoms with Gasteiger partial charge in [0.15, 0.2) is 0 Å². The van der Waals surface area contributed by atoms with Crippen LogP contribution in [0.15, 0.2) is 55.1 Å². The van der Waals surface area contributed by atoms with Gasteiger partial charge in [-0.3, -0.25) is 9.97 Å². The number of hydrogen-bond acceptors (Lipinski definition) is 3. The molecule has 100 valence electrons. The Bertz CT molecular complexity index is 717. The van der Waals surface area contributed by atoms with Gasteiger partial charge in [-0.2, -0.15) is 0 Å². The first-order chi connectivity index (χ1) is 9.84. The van der Waals surface area contributed by atoms with Crippen molar-refractivity contribution in [1.82, 2.24) is 15.3 Å². The van der Waals surface area contributed by atoms with Gasteiger partial charge >= 0.3 is 0 Å². The highest BCUT2D eigenvalue weighted by Gasteiger charge is 2.01. The van der Waals surface area contributed by atoms with Crippen molar-refractivity contribution >= 4 is 10.8 Å². The van der Waals surface area contributed by atoms with Crippen molar-refractivity contribution in [1.29, 1.82) is 0 Å². The zero-order valence-corrected chi connectivity index (χ0v) is 11.5. The number of aryl methyl sites for hydroxylation is 1. The summed E-state index contributed by atoms with van der Waals surface area (Å²) in [5, 5.41) is 5.95. The molecule has 0 unspecified atom stereocenters. The average Bonchev–Trinajstić information content (AvgIpc) is 2.49. The minimum atomic E-state index is 0.850. The number of hydrogen-bond donors (Lipinski definition) is 1. The lowest BCUT2D eigenvalue weighted by Crippen LogP contribution is -2.13. The number of benzene rings is 1. The van der Waals surface area contributed by atoms with Gasteiger partial charge in [0.25, 0.3) is 0 Å². The average molecular weight is 263 g/mol. The van der Waals surface area contributed by atoms with Gasteiger partial charge in [0.05, 0.1) is 0 Å². The summed E-state index contributed by atoms with van der Waals surface area (Å²) < 4.78 is 0. The van der Waals surface area contributed by atoms with E-state index in [1.807, 2.05) is 24.8 Å². The minimum absolute atomic E-state index is 0.850. The number of aromatic nitrogens is 2. The van der Waals surface area contributed by atoms with Crippen molar-refractivity contribution in [3.8, 4) is 0 Å². The Hall–Kier alpha value is -2.26. The molecule has 0 radical (unpaired) electrons. The maximum absolute atomic E-state index is 4.17. The predicted octanol–water partition coefficient (Wildman–Crippen LogP) is 3.23. The van der Waals surface area contributed by atoms with E-state index in [2.05, 4.69) is 52.5 Å². The molecular weight excluding hydrogens is 246 g/mol. The Balaban J connectivity index is 1.73. The summed E-state index contributed by atoms with van der Waals surface area (Å²) in [5.74, 6) is 0. The Morgan fingerprint density at radius 1 is 0.900 bits per heavy atom. The Labute approximate surface area is 118 Å². The van der Waals surface area contributed by atoms with E-state index in [4.69, 9.17) is 0 Å². The van der Waals surface area contributed by atoms with Crippen molar-refractivity contribution in [2.75, 3.05) is 0 Å². The first-order valence-electron chi connectivity index (χ1n) is 6.76. The largest absolute Gasteiger partial charge is 0.309 e. The highest BCUT2D eigenvalue weighted by Crippen LogP contribution is 2.17. The van der Waals surface area contributed by atoms with E-state index in [1.165, 1.54) is 27.5 Å². The quantitative estimate of drug-likeness (QED) is 0.785. The van der Waals surface area contributed by atoms with Crippen LogP contribution in [-0.4, -0.2) is 9.97 Å². The molecule has 0 aliphatic carbocycles. The Kier molecular flexibility index (Phi) is 3.70. The lowest BCUT2D eigenvalue weighted by molar-refractivity contribution is 0.693. The summed E-state index contributed by atoms with van der Waals surface area (Å²) >= 11 is 0. The Morgan fingerprint density at radius 3 is 2.60 bits per heavy atom. The van der Waals surface area contributed by atoms with E-state index >= 15 is 0 Å². The first-order valence-corrected chi connectivity index (χ1v) is 6.76. The van der Waals surface area contributed by atoms with E-state index < -0.39 is 0 Å². The number of pyridine rings is 2. The topological polar surface area (TPSA) is 37.8 Å². The summed E-state index contributed by atoms with van der Waals surface area (Å²) in [6, 6.07) is 10.5. The number of nitrogens with one attached hydrogen (secondary N) is 1. The summed E-state index contributed by atoms with van der Waals surface area (Å²) in [6.07, 6.45) is 7.50. The summed E-state index contributed by atoms with van der Waals surface area (Å²) in [5.41, 5.74) is 3.82. The molecular formula is C17H17N3. The second-order valence-corrected chi connectivity index (χ2v) is 4.92. The fraction of sp³-hybridized carbons (Fsp3) is 0.176. The van der Waals surface area contributed by atoms with Gasteiger partial charge in [-0.25, -0.2) is 0 Å². The highest BCUT2D eigenvalue weighted by atomic mass is 14.8. The molecule has 3 heteroatoms. The molecule has 20 heavy (non-hydrogen) atoms. The monoisotopic (exact) mass is 263 g/mol. The molecule has 0 bridgehead atoms. The number of fused-ring (bicyclic) bond motifs is 1. The second kappa shape index (κ2) is 5.80. The van der Waals surface area contributed by atoms with Gasteiger partial charge in [-0.1, -0.05) is 18.2 Å². The van der Waals surface area contributed by atoms with Gasteiger partial charge in [0, 0.05) is 43.3 Å². The fourth-order valence-electron chi connectivity index (χ4n) is 2.38.